The number of H-pyrrole nitrogens is 1. The molecule has 1 heterocycles. The third-order valence-corrected chi connectivity index (χ3v) is 2.95. The number of hydrogen-bond donors (Lipinski definition) is 2. The highest BCUT2D eigenvalue weighted by molar-refractivity contribution is 5.84. The average Bonchev–Trinajstić information content (AvgIpc) is 2.81. The van der Waals surface area contributed by atoms with Crippen LogP contribution in [0.3, 0.4) is 0 Å². The van der Waals surface area contributed by atoms with Gasteiger partial charge in [0.05, 0.1) is 6.04 Å². The molecule has 2 aromatic rings. The normalized spacial score (nSPS) is 12.3. The van der Waals surface area contributed by atoms with E-state index in [1.807, 2.05) is 30.5 Å². The van der Waals surface area contributed by atoms with Gasteiger partial charge < -0.3 is 15.1 Å². The van der Waals surface area contributed by atoms with E-state index in [9.17, 15) is 9.59 Å². The van der Waals surface area contributed by atoms with E-state index in [0.29, 0.717) is 12.8 Å². The van der Waals surface area contributed by atoms with Crippen molar-refractivity contribution in [1.29, 1.82) is 0 Å². The van der Waals surface area contributed by atoms with Crippen LogP contribution in [0.15, 0.2) is 30.5 Å². The maximum Gasteiger partial charge on any atom is 0.220 e. The Balaban J connectivity index is 2.16. The van der Waals surface area contributed by atoms with E-state index < -0.39 is 6.04 Å². The number of aromatic nitrogens is 1. The van der Waals surface area contributed by atoms with Crippen molar-refractivity contribution in [2.75, 3.05) is 0 Å². The fourth-order valence-corrected chi connectivity index (χ4v) is 1.98. The van der Waals surface area contributed by atoms with Gasteiger partial charge in [-0.15, -0.1) is 0 Å². The molecule has 18 heavy (non-hydrogen) atoms. The summed E-state index contributed by atoms with van der Waals surface area (Å²) in [4.78, 5) is 25.4. The van der Waals surface area contributed by atoms with Gasteiger partial charge in [-0.3, -0.25) is 4.79 Å². The second-order valence-corrected chi connectivity index (χ2v) is 4.23. The van der Waals surface area contributed by atoms with Crippen LogP contribution in [0.1, 0.15) is 18.9 Å². The van der Waals surface area contributed by atoms with Crippen molar-refractivity contribution < 1.29 is 9.59 Å². The third kappa shape index (κ3) is 2.59. The third-order valence-electron chi connectivity index (χ3n) is 2.95. The Morgan fingerprint density at radius 3 is 2.94 bits per heavy atom. The van der Waals surface area contributed by atoms with Gasteiger partial charge in [0.25, 0.3) is 0 Å². The van der Waals surface area contributed by atoms with Crippen LogP contribution < -0.4 is 5.32 Å². The van der Waals surface area contributed by atoms with Gasteiger partial charge in [0.15, 0.2) is 0 Å². The smallest absolute Gasteiger partial charge is 0.220 e. The van der Waals surface area contributed by atoms with Crippen LogP contribution in [-0.4, -0.2) is 23.2 Å². The number of aldehydes is 1. The number of carbonyl (C=O) groups excluding carboxylic acids is 2. The van der Waals surface area contributed by atoms with E-state index >= 15 is 0 Å². The van der Waals surface area contributed by atoms with Gasteiger partial charge in [-0.1, -0.05) is 25.1 Å². The first kappa shape index (κ1) is 12.4. The molecule has 0 fully saturated rings. The molecule has 2 N–H and O–H groups in total. The van der Waals surface area contributed by atoms with Gasteiger partial charge in [-0.25, -0.2) is 0 Å². The van der Waals surface area contributed by atoms with Gasteiger partial charge in [0.2, 0.25) is 5.91 Å². The van der Waals surface area contributed by atoms with Crippen molar-refractivity contribution in [3.63, 3.8) is 0 Å². The van der Waals surface area contributed by atoms with E-state index in [1.54, 1.807) is 6.92 Å². The molecule has 0 bridgehead atoms. The second-order valence-electron chi connectivity index (χ2n) is 4.23. The summed E-state index contributed by atoms with van der Waals surface area (Å²) in [5.74, 6) is -0.105. The average molecular weight is 244 g/mol. The molecule has 4 heteroatoms. The fraction of sp³-hybridized carbons (Fsp3) is 0.286. The van der Waals surface area contributed by atoms with Crippen LogP contribution in [0.5, 0.6) is 0 Å². The molecule has 0 aliphatic heterocycles. The predicted molar refractivity (Wildman–Crippen MR) is 70.3 cm³/mol. The van der Waals surface area contributed by atoms with Gasteiger partial charge in [0.1, 0.15) is 6.29 Å². The number of para-hydroxylation sites is 1. The molecule has 1 atom stereocenters. The maximum atomic E-state index is 11.3. The van der Waals surface area contributed by atoms with Crippen LogP contribution in [0.4, 0.5) is 0 Å². The Labute approximate surface area is 105 Å². The zero-order valence-electron chi connectivity index (χ0n) is 10.3. The Morgan fingerprint density at radius 2 is 2.22 bits per heavy atom. The van der Waals surface area contributed by atoms with E-state index in [2.05, 4.69) is 10.3 Å². The lowest BCUT2D eigenvalue weighted by Gasteiger charge is -2.11. The van der Waals surface area contributed by atoms with E-state index in [0.717, 1.165) is 22.8 Å². The molecular weight excluding hydrogens is 228 g/mol. The van der Waals surface area contributed by atoms with Crippen LogP contribution >= 0.6 is 0 Å². The minimum absolute atomic E-state index is 0.105. The number of rotatable bonds is 5. The molecule has 0 saturated heterocycles. The van der Waals surface area contributed by atoms with Crippen molar-refractivity contribution in [3.05, 3.63) is 36.0 Å². The lowest BCUT2D eigenvalue weighted by Crippen LogP contribution is -2.37. The second kappa shape index (κ2) is 5.49. The van der Waals surface area contributed by atoms with Crippen molar-refractivity contribution in [1.82, 2.24) is 10.3 Å². The molecular formula is C14H16N2O2. The van der Waals surface area contributed by atoms with E-state index in [1.165, 1.54) is 0 Å². The van der Waals surface area contributed by atoms with Crippen molar-refractivity contribution in [2.24, 2.45) is 0 Å². The number of aromatic amines is 1. The Morgan fingerprint density at radius 1 is 1.44 bits per heavy atom. The molecule has 94 valence electrons. The number of amides is 1. The minimum Gasteiger partial charge on any atom is -0.361 e. The van der Waals surface area contributed by atoms with Crippen molar-refractivity contribution in [3.8, 4) is 0 Å². The first-order valence-electron chi connectivity index (χ1n) is 6.04. The largest absolute Gasteiger partial charge is 0.361 e. The molecule has 2 rings (SSSR count). The molecule has 1 amide bonds. The van der Waals surface area contributed by atoms with Crippen molar-refractivity contribution >= 4 is 23.1 Å². The van der Waals surface area contributed by atoms with Crippen LogP contribution in [0.2, 0.25) is 0 Å². The standard InChI is InChI=1S/C14H16N2O2/c1-2-14(18)16-11(9-17)7-10-8-15-13-6-4-3-5-12(10)13/h3-6,8-9,11,15H,2,7H2,1H3,(H,16,18). The van der Waals surface area contributed by atoms with E-state index in [-0.39, 0.29) is 5.91 Å². The topological polar surface area (TPSA) is 62.0 Å². The summed E-state index contributed by atoms with van der Waals surface area (Å²) in [5, 5.41) is 3.79. The molecule has 0 spiro atoms. The number of fused-ring (bicyclic) bond motifs is 1. The maximum absolute atomic E-state index is 11.3. The van der Waals surface area contributed by atoms with Crippen LogP contribution in [0, 0.1) is 0 Å². The summed E-state index contributed by atoms with van der Waals surface area (Å²) in [6.07, 6.45) is 3.58. The molecule has 0 radical (unpaired) electrons. The predicted octanol–water partition coefficient (Wildman–Crippen LogP) is 1.80. The molecule has 4 nitrogen and oxygen atoms in total. The highest BCUT2D eigenvalue weighted by Gasteiger charge is 2.13. The Hall–Kier alpha value is -2.10. The van der Waals surface area contributed by atoms with Gasteiger partial charge in [-0.05, 0) is 11.6 Å². The quantitative estimate of drug-likeness (QED) is 0.788. The molecule has 1 aromatic carbocycles. The highest BCUT2D eigenvalue weighted by atomic mass is 16.2. The summed E-state index contributed by atoms with van der Waals surface area (Å²) in [6, 6.07) is 7.44. The number of hydrogen-bond acceptors (Lipinski definition) is 2. The summed E-state index contributed by atoms with van der Waals surface area (Å²) >= 11 is 0. The Bertz CT molecular complexity index is 560. The molecule has 0 saturated carbocycles. The molecule has 1 unspecified atom stereocenters. The summed E-state index contributed by atoms with van der Waals surface area (Å²) in [5.41, 5.74) is 2.08. The van der Waals surface area contributed by atoms with Gasteiger partial charge >= 0.3 is 0 Å². The SMILES string of the molecule is CCC(=O)NC(C=O)Cc1c[nH]c2ccccc12. The summed E-state index contributed by atoms with van der Waals surface area (Å²) in [7, 11) is 0. The zero-order chi connectivity index (χ0) is 13.0. The zero-order valence-corrected chi connectivity index (χ0v) is 10.3. The molecule has 1 aromatic heterocycles. The minimum atomic E-state index is -0.461. The van der Waals surface area contributed by atoms with Gasteiger partial charge in [0, 0.05) is 29.9 Å². The summed E-state index contributed by atoms with van der Waals surface area (Å²) < 4.78 is 0. The first-order chi connectivity index (χ1) is 8.74. The summed E-state index contributed by atoms with van der Waals surface area (Å²) in [6.45, 7) is 1.77. The van der Waals surface area contributed by atoms with Crippen LogP contribution in [0.25, 0.3) is 10.9 Å². The van der Waals surface area contributed by atoms with Crippen LogP contribution in [-0.2, 0) is 16.0 Å². The number of nitrogens with one attached hydrogen (secondary N) is 2. The molecule has 0 aliphatic carbocycles. The number of benzene rings is 1. The lowest BCUT2D eigenvalue weighted by atomic mass is 10.1. The number of carbonyl (C=O) groups is 2. The molecule has 0 aliphatic rings. The van der Waals surface area contributed by atoms with Crippen molar-refractivity contribution in [2.45, 2.75) is 25.8 Å². The fourth-order valence-electron chi connectivity index (χ4n) is 1.98. The van der Waals surface area contributed by atoms with E-state index in [4.69, 9.17) is 0 Å². The lowest BCUT2D eigenvalue weighted by molar-refractivity contribution is -0.123. The van der Waals surface area contributed by atoms with Gasteiger partial charge in [-0.2, -0.15) is 0 Å². The first-order valence-corrected chi connectivity index (χ1v) is 6.04. The highest BCUT2D eigenvalue weighted by Crippen LogP contribution is 2.18. The Kier molecular flexibility index (Phi) is 3.77. The monoisotopic (exact) mass is 244 g/mol.